The fourth-order valence-corrected chi connectivity index (χ4v) is 1.27. The molecule has 0 aliphatic heterocycles. The van der Waals surface area contributed by atoms with Gasteiger partial charge >= 0.3 is 0 Å². The van der Waals surface area contributed by atoms with Crippen molar-refractivity contribution < 1.29 is 0 Å². The van der Waals surface area contributed by atoms with Crippen molar-refractivity contribution >= 4 is 0 Å². The fraction of sp³-hybridized carbons (Fsp3) is 0.833. The van der Waals surface area contributed by atoms with Crippen LogP contribution in [0.5, 0.6) is 0 Å². The van der Waals surface area contributed by atoms with Gasteiger partial charge in [0, 0.05) is 0 Å². The van der Waals surface area contributed by atoms with Crippen LogP contribution in [0.4, 0.5) is 0 Å². The molecule has 0 aliphatic rings. The van der Waals surface area contributed by atoms with Gasteiger partial charge in [0.2, 0.25) is 0 Å². The van der Waals surface area contributed by atoms with Gasteiger partial charge in [-0.2, -0.15) is 0 Å². The predicted octanol–water partition coefficient (Wildman–Crippen LogP) is 4.56. The summed E-state index contributed by atoms with van der Waals surface area (Å²) in [4.78, 5) is 0. The summed E-state index contributed by atoms with van der Waals surface area (Å²) in [5.41, 5.74) is 0. The van der Waals surface area contributed by atoms with Gasteiger partial charge in [-0.15, -0.1) is 0 Å². The Balaban J connectivity index is 3.27. The second-order valence-corrected chi connectivity index (χ2v) is 3.69. The van der Waals surface area contributed by atoms with Crippen molar-refractivity contribution in [2.24, 2.45) is 5.92 Å². The number of rotatable bonds is 7. The van der Waals surface area contributed by atoms with Crippen LogP contribution in [0.1, 0.15) is 59.3 Å². The molecule has 0 bridgehead atoms. The molecule has 12 heavy (non-hydrogen) atoms. The van der Waals surface area contributed by atoms with E-state index in [9.17, 15) is 0 Å². The highest BCUT2D eigenvalue weighted by atomic mass is 14.0. The maximum Gasteiger partial charge on any atom is -0.0262 e. The Morgan fingerprint density at radius 2 is 1.75 bits per heavy atom. The molecule has 0 rings (SSSR count). The molecular weight excluding hydrogens is 144 g/mol. The topological polar surface area (TPSA) is 0 Å². The Labute approximate surface area is 78.1 Å². The van der Waals surface area contributed by atoms with Crippen LogP contribution < -0.4 is 0 Å². The van der Waals surface area contributed by atoms with Gasteiger partial charge in [-0.05, 0) is 18.8 Å². The molecular formula is C12H24. The second-order valence-electron chi connectivity index (χ2n) is 3.69. The van der Waals surface area contributed by atoms with Gasteiger partial charge in [0.1, 0.15) is 0 Å². The summed E-state index contributed by atoms with van der Waals surface area (Å²) in [7, 11) is 0. The lowest BCUT2D eigenvalue weighted by Gasteiger charge is -2.03. The zero-order valence-corrected chi connectivity index (χ0v) is 8.97. The normalized spacial score (nSPS) is 13.9. The van der Waals surface area contributed by atoms with Crippen molar-refractivity contribution in [1.29, 1.82) is 0 Å². The van der Waals surface area contributed by atoms with Crippen LogP contribution in [0.3, 0.4) is 0 Å². The Morgan fingerprint density at radius 3 is 2.33 bits per heavy atom. The van der Waals surface area contributed by atoms with E-state index in [0.717, 1.165) is 5.92 Å². The van der Waals surface area contributed by atoms with Crippen LogP contribution in [0.25, 0.3) is 0 Å². The molecule has 0 saturated carbocycles. The molecule has 0 spiro atoms. The van der Waals surface area contributed by atoms with Crippen molar-refractivity contribution in [1.82, 2.24) is 0 Å². The highest BCUT2D eigenvalue weighted by Gasteiger charge is 1.94. The zero-order chi connectivity index (χ0) is 9.23. The monoisotopic (exact) mass is 168 g/mol. The standard InChI is InChI=1S/C12H24/c1-4-6-8-9-11-12(3)10-7-5-2/h9,11-12H,4-8,10H2,1-3H3/b11-9+. The lowest BCUT2D eigenvalue weighted by atomic mass is 10.0. The molecule has 0 aromatic carbocycles. The third-order valence-corrected chi connectivity index (χ3v) is 2.20. The number of allylic oxidation sites excluding steroid dienone is 2. The van der Waals surface area contributed by atoms with Crippen LogP contribution in [0.2, 0.25) is 0 Å². The van der Waals surface area contributed by atoms with Gasteiger partial charge in [-0.3, -0.25) is 0 Å². The van der Waals surface area contributed by atoms with E-state index in [2.05, 4.69) is 32.9 Å². The maximum absolute atomic E-state index is 2.38. The molecule has 0 aromatic heterocycles. The predicted molar refractivity (Wildman–Crippen MR) is 57.4 cm³/mol. The summed E-state index contributed by atoms with van der Waals surface area (Å²) in [5.74, 6) is 0.793. The van der Waals surface area contributed by atoms with Gasteiger partial charge in [0.05, 0.1) is 0 Å². The molecule has 0 fully saturated rings. The molecule has 0 aliphatic carbocycles. The Hall–Kier alpha value is -0.260. The largest absolute Gasteiger partial charge is 0.0883 e. The smallest absolute Gasteiger partial charge is 0.0262 e. The lowest BCUT2D eigenvalue weighted by molar-refractivity contribution is 0.596. The first-order valence-corrected chi connectivity index (χ1v) is 5.47. The summed E-state index contributed by atoms with van der Waals surface area (Å²) < 4.78 is 0. The van der Waals surface area contributed by atoms with Gasteiger partial charge in [0.15, 0.2) is 0 Å². The summed E-state index contributed by atoms with van der Waals surface area (Å²) in [6.07, 6.45) is 12.7. The summed E-state index contributed by atoms with van der Waals surface area (Å²) in [6, 6.07) is 0. The minimum Gasteiger partial charge on any atom is -0.0883 e. The van der Waals surface area contributed by atoms with Crippen LogP contribution in [-0.2, 0) is 0 Å². The number of hydrogen-bond donors (Lipinski definition) is 0. The molecule has 1 atom stereocenters. The quantitative estimate of drug-likeness (QED) is 0.386. The fourth-order valence-electron chi connectivity index (χ4n) is 1.27. The Morgan fingerprint density at radius 1 is 1.08 bits per heavy atom. The van der Waals surface area contributed by atoms with Crippen LogP contribution in [-0.4, -0.2) is 0 Å². The first kappa shape index (κ1) is 11.7. The Kier molecular flexibility index (Phi) is 8.64. The summed E-state index contributed by atoms with van der Waals surface area (Å²) in [6.45, 7) is 6.82. The third-order valence-electron chi connectivity index (χ3n) is 2.20. The van der Waals surface area contributed by atoms with Crippen molar-refractivity contribution in [2.45, 2.75) is 59.3 Å². The van der Waals surface area contributed by atoms with E-state index >= 15 is 0 Å². The molecule has 1 unspecified atom stereocenters. The van der Waals surface area contributed by atoms with Gasteiger partial charge < -0.3 is 0 Å². The van der Waals surface area contributed by atoms with Crippen molar-refractivity contribution in [3.05, 3.63) is 12.2 Å². The molecule has 0 amide bonds. The molecule has 0 heteroatoms. The van der Waals surface area contributed by atoms with Crippen molar-refractivity contribution in [3.63, 3.8) is 0 Å². The third kappa shape index (κ3) is 7.84. The van der Waals surface area contributed by atoms with E-state index in [1.54, 1.807) is 0 Å². The highest BCUT2D eigenvalue weighted by molar-refractivity contribution is 4.85. The molecule has 0 nitrogen and oxygen atoms in total. The van der Waals surface area contributed by atoms with Crippen LogP contribution >= 0.6 is 0 Å². The molecule has 0 heterocycles. The molecule has 0 N–H and O–H groups in total. The second kappa shape index (κ2) is 8.83. The van der Waals surface area contributed by atoms with Gasteiger partial charge in [0.25, 0.3) is 0 Å². The number of unbranched alkanes of at least 4 members (excludes halogenated alkanes) is 3. The van der Waals surface area contributed by atoms with E-state index in [-0.39, 0.29) is 0 Å². The molecule has 0 radical (unpaired) electrons. The maximum atomic E-state index is 2.38. The highest BCUT2D eigenvalue weighted by Crippen LogP contribution is 2.09. The first-order chi connectivity index (χ1) is 5.81. The summed E-state index contributed by atoms with van der Waals surface area (Å²) in [5, 5.41) is 0. The SMILES string of the molecule is CCCC/C=C/C(C)CCCC. The van der Waals surface area contributed by atoms with E-state index < -0.39 is 0 Å². The first-order valence-electron chi connectivity index (χ1n) is 5.47. The zero-order valence-electron chi connectivity index (χ0n) is 8.97. The molecule has 0 saturated heterocycles. The summed E-state index contributed by atoms with van der Waals surface area (Å²) >= 11 is 0. The molecule has 0 aromatic rings. The lowest BCUT2D eigenvalue weighted by Crippen LogP contribution is -1.88. The average molecular weight is 168 g/mol. The van der Waals surface area contributed by atoms with Gasteiger partial charge in [-0.25, -0.2) is 0 Å². The molecule has 72 valence electrons. The van der Waals surface area contributed by atoms with Gasteiger partial charge in [-0.1, -0.05) is 58.6 Å². The minimum absolute atomic E-state index is 0.793. The van der Waals surface area contributed by atoms with Crippen molar-refractivity contribution in [3.8, 4) is 0 Å². The number of hydrogen-bond acceptors (Lipinski definition) is 0. The van der Waals surface area contributed by atoms with E-state index in [0.29, 0.717) is 0 Å². The van der Waals surface area contributed by atoms with Crippen LogP contribution in [0, 0.1) is 5.92 Å². The minimum atomic E-state index is 0.793. The van der Waals surface area contributed by atoms with Crippen molar-refractivity contribution in [2.75, 3.05) is 0 Å². The van der Waals surface area contributed by atoms with E-state index in [4.69, 9.17) is 0 Å². The Bertz CT molecular complexity index is 103. The van der Waals surface area contributed by atoms with Crippen LogP contribution in [0.15, 0.2) is 12.2 Å². The average Bonchev–Trinajstić information content (AvgIpc) is 2.09. The van der Waals surface area contributed by atoms with E-state index in [1.807, 2.05) is 0 Å². The van der Waals surface area contributed by atoms with E-state index in [1.165, 1.54) is 38.5 Å².